The molecular formula is C15H20O4S. The van der Waals surface area contributed by atoms with Crippen LogP contribution in [0.25, 0.3) is 0 Å². The molecule has 1 N–H and O–H groups in total. The fourth-order valence-electron chi connectivity index (χ4n) is 2.34. The summed E-state index contributed by atoms with van der Waals surface area (Å²) in [6, 6.07) is 6.77. The Hall–Kier alpha value is -1.36. The quantitative estimate of drug-likeness (QED) is 0.906. The monoisotopic (exact) mass is 296 g/mol. The molecule has 1 aliphatic carbocycles. The third kappa shape index (κ3) is 2.73. The largest absolute Gasteiger partial charge is 0.481 e. The van der Waals surface area contributed by atoms with E-state index in [1.54, 1.807) is 38.1 Å². The molecule has 0 aromatic heterocycles. The Balaban J connectivity index is 2.39. The second-order valence-electron chi connectivity index (χ2n) is 6.07. The standard InChI is InChI=1S/C15H20O4S/c1-15(2,14(16)17)10-11-6-3-4-9-13(11)20(18,19)12-7-5-8-12/h3-4,6,9,12H,5,7-8,10H2,1-2H3,(H,16,17). The Morgan fingerprint density at radius 2 is 1.90 bits per heavy atom. The minimum Gasteiger partial charge on any atom is -0.481 e. The van der Waals surface area contributed by atoms with E-state index in [2.05, 4.69) is 0 Å². The molecule has 0 aliphatic heterocycles. The molecule has 2 rings (SSSR count). The molecule has 0 radical (unpaired) electrons. The van der Waals surface area contributed by atoms with Crippen molar-refractivity contribution < 1.29 is 18.3 Å². The summed E-state index contributed by atoms with van der Waals surface area (Å²) in [6.45, 7) is 3.23. The topological polar surface area (TPSA) is 71.4 Å². The van der Waals surface area contributed by atoms with Gasteiger partial charge in [0.05, 0.1) is 15.6 Å². The first-order valence-corrected chi connectivity index (χ1v) is 8.35. The van der Waals surface area contributed by atoms with E-state index in [1.165, 1.54) is 0 Å². The van der Waals surface area contributed by atoms with Gasteiger partial charge in [-0.15, -0.1) is 0 Å². The van der Waals surface area contributed by atoms with E-state index in [1.807, 2.05) is 0 Å². The van der Waals surface area contributed by atoms with Gasteiger partial charge in [0.1, 0.15) is 0 Å². The summed E-state index contributed by atoms with van der Waals surface area (Å²) in [7, 11) is -3.32. The highest BCUT2D eigenvalue weighted by molar-refractivity contribution is 7.92. The number of aliphatic carboxylic acids is 1. The highest BCUT2D eigenvalue weighted by atomic mass is 32.2. The van der Waals surface area contributed by atoms with Gasteiger partial charge in [-0.05, 0) is 44.7 Å². The smallest absolute Gasteiger partial charge is 0.309 e. The van der Waals surface area contributed by atoms with E-state index in [0.29, 0.717) is 23.3 Å². The van der Waals surface area contributed by atoms with Gasteiger partial charge in [0.2, 0.25) is 0 Å². The molecule has 0 bridgehead atoms. The van der Waals surface area contributed by atoms with Gasteiger partial charge < -0.3 is 5.11 Å². The van der Waals surface area contributed by atoms with Gasteiger partial charge >= 0.3 is 5.97 Å². The van der Waals surface area contributed by atoms with E-state index in [0.717, 1.165) is 6.42 Å². The number of carboxylic acids is 1. The highest BCUT2D eigenvalue weighted by Crippen LogP contribution is 2.34. The zero-order valence-corrected chi connectivity index (χ0v) is 12.6. The van der Waals surface area contributed by atoms with Crippen LogP contribution in [0, 0.1) is 5.41 Å². The van der Waals surface area contributed by atoms with Crippen molar-refractivity contribution in [3.05, 3.63) is 29.8 Å². The van der Waals surface area contributed by atoms with Gasteiger partial charge in [-0.1, -0.05) is 24.6 Å². The normalized spacial score (nSPS) is 16.7. The molecule has 110 valence electrons. The van der Waals surface area contributed by atoms with Crippen molar-refractivity contribution in [1.29, 1.82) is 0 Å². The van der Waals surface area contributed by atoms with Crippen LogP contribution in [-0.2, 0) is 21.1 Å². The van der Waals surface area contributed by atoms with E-state index in [-0.39, 0.29) is 11.7 Å². The van der Waals surface area contributed by atoms with Crippen LogP contribution in [0.15, 0.2) is 29.2 Å². The maximum Gasteiger partial charge on any atom is 0.309 e. The lowest BCUT2D eigenvalue weighted by atomic mass is 9.86. The Kier molecular flexibility index (Phi) is 3.91. The zero-order chi connectivity index (χ0) is 15.0. The molecule has 5 heteroatoms. The summed E-state index contributed by atoms with van der Waals surface area (Å²) >= 11 is 0. The van der Waals surface area contributed by atoms with Crippen molar-refractivity contribution in [2.45, 2.75) is 49.7 Å². The highest BCUT2D eigenvalue weighted by Gasteiger charge is 2.36. The predicted octanol–water partition coefficient (Wildman–Crippen LogP) is 2.67. The first kappa shape index (κ1) is 15.0. The van der Waals surface area contributed by atoms with Gasteiger partial charge in [-0.3, -0.25) is 4.79 Å². The number of carboxylic acid groups (broad SMARTS) is 1. The lowest BCUT2D eigenvalue weighted by Crippen LogP contribution is -2.31. The summed E-state index contributed by atoms with van der Waals surface area (Å²) in [5, 5.41) is 8.92. The summed E-state index contributed by atoms with van der Waals surface area (Å²) < 4.78 is 25.1. The van der Waals surface area contributed by atoms with Crippen molar-refractivity contribution in [2.75, 3.05) is 0 Å². The molecule has 0 heterocycles. The summed E-state index contributed by atoms with van der Waals surface area (Å²) in [6.07, 6.45) is 2.58. The third-order valence-electron chi connectivity index (χ3n) is 3.98. The summed E-state index contributed by atoms with van der Waals surface area (Å²) in [4.78, 5) is 11.5. The third-order valence-corrected chi connectivity index (χ3v) is 6.34. The Bertz CT molecular complexity index is 613. The van der Waals surface area contributed by atoms with Crippen molar-refractivity contribution in [3.63, 3.8) is 0 Å². The minimum atomic E-state index is -3.32. The molecule has 0 amide bonds. The number of rotatable bonds is 5. The first-order valence-electron chi connectivity index (χ1n) is 6.80. The molecule has 1 aromatic carbocycles. The maximum atomic E-state index is 12.5. The van der Waals surface area contributed by atoms with E-state index >= 15 is 0 Å². The van der Waals surface area contributed by atoms with Crippen molar-refractivity contribution in [3.8, 4) is 0 Å². The minimum absolute atomic E-state index is 0.213. The van der Waals surface area contributed by atoms with Gasteiger partial charge in [0, 0.05) is 0 Å². The lowest BCUT2D eigenvalue weighted by Gasteiger charge is -2.27. The number of carbonyl (C=O) groups is 1. The number of hydrogen-bond donors (Lipinski definition) is 1. The fraction of sp³-hybridized carbons (Fsp3) is 0.533. The zero-order valence-electron chi connectivity index (χ0n) is 11.8. The molecule has 20 heavy (non-hydrogen) atoms. The van der Waals surface area contributed by atoms with Crippen LogP contribution in [0.3, 0.4) is 0 Å². The number of hydrogen-bond acceptors (Lipinski definition) is 3. The first-order chi connectivity index (χ1) is 9.25. The van der Waals surface area contributed by atoms with Crippen LogP contribution in [0.4, 0.5) is 0 Å². The molecule has 1 aliphatic rings. The molecule has 1 aromatic rings. The van der Waals surface area contributed by atoms with E-state index in [4.69, 9.17) is 0 Å². The molecule has 1 saturated carbocycles. The molecule has 0 unspecified atom stereocenters. The molecule has 0 atom stereocenters. The van der Waals surface area contributed by atoms with Crippen LogP contribution < -0.4 is 0 Å². The van der Waals surface area contributed by atoms with Crippen molar-refractivity contribution >= 4 is 15.8 Å². The van der Waals surface area contributed by atoms with Gasteiger partial charge in [0.15, 0.2) is 9.84 Å². The molecule has 0 saturated heterocycles. The number of sulfone groups is 1. The predicted molar refractivity (Wildman–Crippen MR) is 76.4 cm³/mol. The van der Waals surface area contributed by atoms with E-state index < -0.39 is 21.2 Å². The van der Waals surface area contributed by atoms with Gasteiger partial charge in [-0.2, -0.15) is 0 Å². The molecule has 1 fully saturated rings. The fourth-order valence-corrected chi connectivity index (χ4v) is 4.43. The van der Waals surface area contributed by atoms with Crippen LogP contribution in [-0.4, -0.2) is 24.7 Å². The maximum absolute atomic E-state index is 12.5. The van der Waals surface area contributed by atoms with Crippen LogP contribution >= 0.6 is 0 Å². The molecule has 0 spiro atoms. The van der Waals surface area contributed by atoms with Crippen molar-refractivity contribution in [2.24, 2.45) is 5.41 Å². The van der Waals surface area contributed by atoms with Crippen LogP contribution in [0.2, 0.25) is 0 Å². The number of benzene rings is 1. The summed E-state index contributed by atoms with van der Waals surface area (Å²) in [5.74, 6) is -0.923. The Morgan fingerprint density at radius 3 is 2.40 bits per heavy atom. The van der Waals surface area contributed by atoms with Gasteiger partial charge in [-0.25, -0.2) is 8.42 Å². The van der Waals surface area contributed by atoms with Crippen LogP contribution in [0.1, 0.15) is 38.7 Å². The van der Waals surface area contributed by atoms with Gasteiger partial charge in [0.25, 0.3) is 0 Å². The Morgan fingerprint density at radius 1 is 1.30 bits per heavy atom. The lowest BCUT2D eigenvalue weighted by molar-refractivity contribution is -0.146. The van der Waals surface area contributed by atoms with Crippen molar-refractivity contribution in [1.82, 2.24) is 0 Å². The van der Waals surface area contributed by atoms with E-state index in [9.17, 15) is 18.3 Å². The van der Waals surface area contributed by atoms with Crippen LogP contribution in [0.5, 0.6) is 0 Å². The Labute approximate surface area is 119 Å². The average Bonchev–Trinajstić information content (AvgIpc) is 2.25. The SMILES string of the molecule is CC(C)(Cc1ccccc1S(=O)(=O)C1CCC1)C(=O)O. The second kappa shape index (κ2) is 5.20. The molecular weight excluding hydrogens is 276 g/mol. The second-order valence-corrected chi connectivity index (χ2v) is 8.27. The molecule has 4 nitrogen and oxygen atoms in total. The average molecular weight is 296 g/mol. The summed E-state index contributed by atoms with van der Waals surface area (Å²) in [5.41, 5.74) is -0.377.